The normalized spacial score (nSPS) is 13.7. The molecule has 13 N–H and O–H groups in total. The third kappa shape index (κ3) is 43.8. The Bertz CT molecular complexity index is 1740. The number of carbonyl (C=O) groups is 5. The number of aliphatic carboxylic acids is 1. The number of oxime groups is 3. The average Bonchev–Trinajstić information content (AvgIpc) is 3.24. The number of carbonyl (C=O) groups excluding carboxylic acids is 4. The molecule has 0 aliphatic heterocycles. The number of aliphatic hydroxyl groups is 1. The molecule has 0 unspecified atom stereocenters. The van der Waals surface area contributed by atoms with Crippen molar-refractivity contribution >= 4 is 64.6 Å². The summed E-state index contributed by atoms with van der Waals surface area (Å²) in [5.74, 6) is -1.76. The number of rotatable bonds is 30. The first-order chi connectivity index (χ1) is 33.2. The van der Waals surface area contributed by atoms with Gasteiger partial charge in [-0.2, -0.15) is 5.41 Å². The number of hydrogen-bond acceptors (Lipinski definition) is 20. The van der Waals surface area contributed by atoms with E-state index in [2.05, 4.69) is 91.7 Å². The predicted octanol–water partition coefficient (Wildman–Crippen LogP) is 3.77. The summed E-state index contributed by atoms with van der Waals surface area (Å²) in [5.41, 5.74) is -0.487. The smallest absolute Gasteiger partial charge is 0.303 e. The van der Waals surface area contributed by atoms with Gasteiger partial charge < -0.3 is 91.5 Å². The minimum absolute atomic E-state index is 0. The van der Waals surface area contributed by atoms with Crippen LogP contribution in [-0.4, -0.2) is 188 Å². The maximum Gasteiger partial charge on any atom is 0.303 e. The van der Waals surface area contributed by atoms with Crippen LogP contribution >= 0.6 is 11.8 Å². The number of nitrogens with one attached hydrogen (secondary N) is 7. The van der Waals surface area contributed by atoms with Crippen molar-refractivity contribution in [2.75, 3.05) is 65.1 Å². The van der Waals surface area contributed by atoms with E-state index in [-0.39, 0.29) is 86.0 Å². The number of hydrogen-bond donors (Lipinski definition) is 13. The fraction of sp³-hybridized carbons (Fsp3) is 0.796. The van der Waals surface area contributed by atoms with E-state index in [1.807, 2.05) is 55.4 Å². The first-order valence-electron chi connectivity index (χ1n) is 24.2. The Morgan fingerprint density at radius 1 is 0.662 bits per heavy atom. The number of nitrogens with zero attached hydrogens (tertiary/aromatic N) is 5. The molecule has 431 valence electrons. The molecule has 0 spiro atoms. The molecule has 2 atom stereocenters. The van der Waals surface area contributed by atoms with Crippen LogP contribution in [0.15, 0.2) is 20.6 Å². The number of aliphatic hydroxyl groups excluding tert-OH is 1. The molecule has 0 saturated heterocycles. The van der Waals surface area contributed by atoms with Gasteiger partial charge in [0.05, 0.1) is 65.2 Å². The van der Waals surface area contributed by atoms with E-state index in [0.717, 1.165) is 25.9 Å². The predicted molar refractivity (Wildman–Crippen MR) is 293 cm³/mol. The SMILES string of the molecule is C/C(=N\O)C(C)(C)NCCCNC(C)(C)/C(CCC(=O)O)=N/O.C/C(=N\O)C(C)(C)NCCCNC(C)(C)[C-]=NO.CC(=O)NCSC[C@H](NC(=O)[C@H](CO)NC(=O)CN(C)C)C(=O)C(C)(C)C.[CH2-]C(C)(C)C.[Y]. The Kier molecular flexibility index (Phi) is 42.9. The fourth-order valence-corrected chi connectivity index (χ4v) is 6.19. The van der Waals surface area contributed by atoms with Crippen molar-refractivity contribution in [2.24, 2.45) is 31.5 Å². The van der Waals surface area contributed by atoms with Crippen LogP contribution in [0.3, 0.4) is 0 Å². The van der Waals surface area contributed by atoms with E-state index >= 15 is 0 Å². The standard InChI is InChI=1S/C17H32N4O5S.C15H30N4O4.C12H25N4O2.C5H11.Y/c1-11(23)18-10-27-9-13(15(25)17(2,3)4)20-16(26)12(8-22)19-14(24)7-21(5)6;1-11(18-22)14(2,3)16-9-6-10-17-15(4,5)12(19-23)7-8-13(20)21;1-10(16-18)12(4,5)14-8-6-7-13-11(2,3)9-15-17;1-5(2,3)4;/h12-13,22H,7-10H2,1-6H3,(H,18,23)(H,19,24)(H,20,26);16-17,22-23H,6-10H2,1-5H3,(H,20,21);13-14,17-18H,6-8H2,1-5H3;1H2,2-4H3;/q;;2*-1;/b;18-11+,19-12+;16-10+;;/t12-,13-;;;;/m0..../s1. The Morgan fingerprint density at radius 2 is 1.09 bits per heavy atom. The average molecular weight is 1150 g/mol. The molecule has 0 aliphatic carbocycles. The van der Waals surface area contributed by atoms with Gasteiger partial charge in [-0.25, -0.2) is 0 Å². The molecule has 0 heterocycles. The summed E-state index contributed by atoms with van der Waals surface area (Å²) in [7, 11) is 3.41. The van der Waals surface area contributed by atoms with Gasteiger partial charge in [-0.15, -0.1) is 11.8 Å². The summed E-state index contributed by atoms with van der Waals surface area (Å²) in [5, 5.41) is 86.5. The zero-order chi connectivity index (χ0) is 58.0. The molecule has 1 radical (unpaired) electrons. The van der Waals surface area contributed by atoms with Crippen molar-refractivity contribution in [2.45, 2.75) is 178 Å². The molecule has 0 aromatic carbocycles. The van der Waals surface area contributed by atoms with Gasteiger partial charge >= 0.3 is 5.97 Å². The van der Waals surface area contributed by atoms with E-state index in [9.17, 15) is 29.1 Å². The van der Waals surface area contributed by atoms with E-state index in [4.69, 9.17) is 25.9 Å². The van der Waals surface area contributed by atoms with Crippen LogP contribution < -0.4 is 37.2 Å². The monoisotopic (exact) mass is 1150 g/mol. The maximum atomic E-state index is 12.6. The van der Waals surface area contributed by atoms with Crippen LogP contribution in [0.1, 0.15) is 143 Å². The Balaban J connectivity index is -0.000000310. The zero-order valence-corrected chi connectivity index (χ0v) is 51.9. The van der Waals surface area contributed by atoms with E-state index in [1.54, 1.807) is 53.6 Å². The number of carboxylic acids is 1. The molecule has 74 heavy (non-hydrogen) atoms. The summed E-state index contributed by atoms with van der Waals surface area (Å²) in [4.78, 5) is 60.1. The van der Waals surface area contributed by atoms with E-state index in [0.29, 0.717) is 36.1 Å². The third-order valence-corrected chi connectivity index (χ3v) is 11.1. The van der Waals surface area contributed by atoms with Gasteiger partial charge in [0.15, 0.2) is 5.78 Å². The fourth-order valence-electron chi connectivity index (χ4n) is 5.29. The zero-order valence-electron chi connectivity index (χ0n) is 48.3. The first kappa shape index (κ1) is 79.5. The van der Waals surface area contributed by atoms with Crippen LogP contribution in [0.4, 0.5) is 0 Å². The number of amides is 3. The van der Waals surface area contributed by atoms with Gasteiger partial charge in [-0.1, -0.05) is 76.4 Å². The first-order valence-corrected chi connectivity index (χ1v) is 25.4. The van der Waals surface area contributed by atoms with Crippen LogP contribution in [0.5, 0.6) is 0 Å². The Morgan fingerprint density at radius 3 is 1.45 bits per heavy atom. The molecule has 0 saturated carbocycles. The second-order valence-corrected chi connectivity index (χ2v) is 23.0. The maximum absolute atomic E-state index is 12.6. The van der Waals surface area contributed by atoms with E-state index in [1.165, 1.54) is 18.7 Å². The van der Waals surface area contributed by atoms with Gasteiger partial charge in [-0.3, -0.25) is 24.0 Å². The number of carboxylic acid groups (broad SMARTS) is 1. The van der Waals surface area contributed by atoms with Crippen molar-refractivity contribution in [3.8, 4) is 0 Å². The Labute approximate surface area is 472 Å². The number of ketones is 1. The van der Waals surface area contributed by atoms with Crippen molar-refractivity contribution < 1.29 is 87.7 Å². The minimum atomic E-state index is -1.15. The summed E-state index contributed by atoms with van der Waals surface area (Å²) >= 11 is 1.29. The molecule has 0 rings (SSSR count). The van der Waals surface area contributed by atoms with Gasteiger partial charge in [0, 0.05) is 57.2 Å². The second kappa shape index (κ2) is 39.9. The molecule has 0 fully saturated rings. The van der Waals surface area contributed by atoms with Crippen LogP contribution in [-0.2, 0) is 56.7 Å². The number of thioether (sulfide) groups is 1. The van der Waals surface area contributed by atoms with Gasteiger partial charge in [0.25, 0.3) is 0 Å². The van der Waals surface area contributed by atoms with Gasteiger partial charge in [0.2, 0.25) is 17.7 Å². The summed E-state index contributed by atoms with van der Waals surface area (Å²) < 4.78 is 0. The van der Waals surface area contributed by atoms with Crippen molar-refractivity contribution in [3.05, 3.63) is 6.92 Å². The van der Waals surface area contributed by atoms with Crippen LogP contribution in [0.2, 0.25) is 0 Å². The quantitative estimate of drug-likeness (QED) is 0.0122. The molecular formula is C49H98N12O11SY-2. The van der Waals surface area contributed by atoms with Crippen LogP contribution in [0.25, 0.3) is 0 Å². The van der Waals surface area contributed by atoms with Gasteiger partial charge in [-0.05, 0) is 109 Å². The van der Waals surface area contributed by atoms with Crippen molar-refractivity contribution in [3.63, 3.8) is 0 Å². The Hall–Kier alpha value is -3.36. The summed E-state index contributed by atoms with van der Waals surface area (Å²) in [6.07, 6.45) is 4.39. The summed E-state index contributed by atoms with van der Waals surface area (Å²) in [6, 6.07) is -1.95. The molecule has 25 heteroatoms. The van der Waals surface area contributed by atoms with Crippen LogP contribution in [0, 0.1) is 17.8 Å². The molecule has 23 nitrogen and oxygen atoms in total. The minimum Gasteiger partial charge on any atom is -0.481 e. The molecule has 0 aliphatic rings. The number of Topliss-reactive ketones (excluding diaryl/α,β-unsaturated/α-hetero) is 1. The molecule has 0 aromatic heterocycles. The van der Waals surface area contributed by atoms with Gasteiger partial charge in [0.1, 0.15) is 6.04 Å². The summed E-state index contributed by atoms with van der Waals surface area (Å²) in [6.45, 7) is 37.8. The molecular weight excluding hydrogens is 1050 g/mol. The molecule has 3 amide bonds. The third-order valence-electron chi connectivity index (χ3n) is 10.2. The van der Waals surface area contributed by atoms with E-state index < -0.39 is 53.0 Å². The second-order valence-electron chi connectivity index (χ2n) is 22.0. The molecule has 0 aromatic rings. The number of likely N-dealkylation sites (N-methyl/N-ethyl adjacent to an activating group) is 1. The topological polar surface area (TPSA) is 344 Å². The van der Waals surface area contributed by atoms with Crippen molar-refractivity contribution in [1.82, 2.24) is 42.1 Å². The largest absolute Gasteiger partial charge is 0.481 e. The molecule has 0 bridgehead atoms. The van der Waals surface area contributed by atoms with Crippen molar-refractivity contribution in [1.29, 1.82) is 0 Å².